The Bertz CT molecular complexity index is 661. The van der Waals surface area contributed by atoms with Crippen LogP contribution in [0, 0.1) is 13.8 Å². The molecule has 0 heterocycles. The highest BCUT2D eigenvalue weighted by Crippen LogP contribution is 2.23. The van der Waals surface area contributed by atoms with E-state index >= 15 is 0 Å². The van der Waals surface area contributed by atoms with Crippen molar-refractivity contribution in [3.05, 3.63) is 59.2 Å². The number of aromatic hydroxyl groups is 1. The van der Waals surface area contributed by atoms with E-state index in [-0.39, 0.29) is 11.7 Å². The van der Waals surface area contributed by atoms with Gasteiger partial charge in [-0.25, -0.2) is 0 Å². The first-order chi connectivity index (χ1) is 10.5. The highest BCUT2D eigenvalue weighted by Gasteiger charge is 2.21. The van der Waals surface area contributed by atoms with E-state index in [1.165, 1.54) is 12.1 Å². The number of phenolic OH excluding ortho intramolecular Hbond substituents is 1. The lowest BCUT2D eigenvalue weighted by molar-refractivity contribution is -0.121. The zero-order chi connectivity index (χ0) is 16.1. The SMILES string of the molecule is Cc1cccc(C)c1NC(=O)[C@@H](NC=O)c1ccc(O)cc1. The minimum Gasteiger partial charge on any atom is -0.508 e. The number of nitrogens with one attached hydrogen (secondary N) is 2. The summed E-state index contributed by atoms with van der Waals surface area (Å²) in [6.07, 6.45) is 0.488. The van der Waals surface area contributed by atoms with Crippen LogP contribution in [0.3, 0.4) is 0 Å². The Morgan fingerprint density at radius 2 is 1.68 bits per heavy atom. The van der Waals surface area contributed by atoms with Crippen LogP contribution in [-0.4, -0.2) is 17.4 Å². The smallest absolute Gasteiger partial charge is 0.251 e. The molecule has 2 aromatic carbocycles. The largest absolute Gasteiger partial charge is 0.508 e. The fourth-order valence-electron chi connectivity index (χ4n) is 2.27. The number of benzene rings is 2. The van der Waals surface area contributed by atoms with Gasteiger partial charge < -0.3 is 15.7 Å². The van der Waals surface area contributed by atoms with Crippen molar-refractivity contribution in [1.82, 2.24) is 5.32 Å². The summed E-state index contributed by atoms with van der Waals surface area (Å²) < 4.78 is 0. The van der Waals surface area contributed by atoms with Crippen molar-refractivity contribution < 1.29 is 14.7 Å². The van der Waals surface area contributed by atoms with Gasteiger partial charge in [-0.2, -0.15) is 0 Å². The predicted octanol–water partition coefficient (Wildman–Crippen LogP) is 2.43. The van der Waals surface area contributed by atoms with Crippen molar-refractivity contribution in [2.45, 2.75) is 19.9 Å². The number of phenols is 1. The van der Waals surface area contributed by atoms with Gasteiger partial charge in [-0.05, 0) is 42.7 Å². The lowest BCUT2D eigenvalue weighted by Crippen LogP contribution is -2.32. The normalized spacial score (nSPS) is 11.5. The van der Waals surface area contributed by atoms with Crippen molar-refractivity contribution in [2.24, 2.45) is 0 Å². The summed E-state index contributed by atoms with van der Waals surface area (Å²) in [5, 5.41) is 14.7. The van der Waals surface area contributed by atoms with Gasteiger partial charge in [0.1, 0.15) is 11.8 Å². The number of hydrogen-bond donors (Lipinski definition) is 3. The summed E-state index contributed by atoms with van der Waals surface area (Å²) >= 11 is 0. The molecule has 0 saturated heterocycles. The number of para-hydroxylation sites is 1. The fourth-order valence-corrected chi connectivity index (χ4v) is 2.27. The molecule has 1 atom stereocenters. The highest BCUT2D eigenvalue weighted by atomic mass is 16.3. The average molecular weight is 298 g/mol. The summed E-state index contributed by atoms with van der Waals surface area (Å²) in [5.41, 5.74) is 3.23. The average Bonchev–Trinajstić information content (AvgIpc) is 2.49. The van der Waals surface area contributed by atoms with Crippen LogP contribution >= 0.6 is 0 Å². The summed E-state index contributed by atoms with van der Waals surface area (Å²) in [7, 11) is 0. The molecule has 0 fully saturated rings. The van der Waals surface area contributed by atoms with Crippen LogP contribution in [0.5, 0.6) is 5.75 Å². The van der Waals surface area contributed by atoms with Crippen LogP contribution in [0.4, 0.5) is 5.69 Å². The lowest BCUT2D eigenvalue weighted by Gasteiger charge is -2.18. The quantitative estimate of drug-likeness (QED) is 0.742. The maximum absolute atomic E-state index is 12.5. The molecule has 0 aliphatic carbocycles. The number of hydrogen-bond acceptors (Lipinski definition) is 3. The van der Waals surface area contributed by atoms with Gasteiger partial charge in [0.05, 0.1) is 0 Å². The van der Waals surface area contributed by atoms with E-state index in [4.69, 9.17) is 0 Å². The molecule has 2 amide bonds. The summed E-state index contributed by atoms with van der Waals surface area (Å²) in [5.74, 6) is -0.237. The molecule has 0 aromatic heterocycles. The molecule has 3 N–H and O–H groups in total. The Hall–Kier alpha value is -2.82. The summed E-state index contributed by atoms with van der Waals surface area (Å²) in [6.45, 7) is 3.82. The van der Waals surface area contributed by atoms with E-state index in [9.17, 15) is 14.7 Å². The molecule has 5 heteroatoms. The van der Waals surface area contributed by atoms with Crippen molar-refractivity contribution >= 4 is 18.0 Å². The number of amides is 2. The maximum Gasteiger partial charge on any atom is 0.251 e. The number of aryl methyl sites for hydroxylation is 2. The molecule has 5 nitrogen and oxygen atoms in total. The molecule has 0 radical (unpaired) electrons. The zero-order valence-corrected chi connectivity index (χ0v) is 12.5. The van der Waals surface area contributed by atoms with Crippen molar-refractivity contribution in [3.63, 3.8) is 0 Å². The van der Waals surface area contributed by atoms with E-state index < -0.39 is 6.04 Å². The van der Waals surface area contributed by atoms with Gasteiger partial charge in [0.15, 0.2) is 0 Å². The zero-order valence-electron chi connectivity index (χ0n) is 12.5. The van der Waals surface area contributed by atoms with Gasteiger partial charge in [0, 0.05) is 5.69 Å². The Labute approximate surface area is 129 Å². The molecule has 0 aliphatic rings. The molecule has 0 bridgehead atoms. The van der Waals surface area contributed by atoms with Crippen molar-refractivity contribution in [2.75, 3.05) is 5.32 Å². The molecular weight excluding hydrogens is 280 g/mol. The first-order valence-corrected chi connectivity index (χ1v) is 6.88. The first kappa shape index (κ1) is 15.6. The fraction of sp³-hybridized carbons (Fsp3) is 0.176. The van der Waals surface area contributed by atoms with Crippen LogP contribution in [0.2, 0.25) is 0 Å². The standard InChI is InChI=1S/C17H18N2O3/c1-11-4-3-5-12(2)15(11)19-17(22)16(18-10-20)13-6-8-14(21)9-7-13/h3-10,16,21H,1-2H3,(H,18,20)(H,19,22)/t16-/m0/s1. The molecule has 114 valence electrons. The van der Waals surface area contributed by atoms with Gasteiger partial charge in [-0.15, -0.1) is 0 Å². The summed E-state index contributed by atoms with van der Waals surface area (Å²) in [6, 6.07) is 11.1. The predicted molar refractivity (Wildman–Crippen MR) is 84.6 cm³/mol. The lowest BCUT2D eigenvalue weighted by atomic mass is 10.0. The van der Waals surface area contributed by atoms with E-state index in [2.05, 4.69) is 10.6 Å². The second-order valence-corrected chi connectivity index (χ2v) is 5.07. The molecular formula is C17H18N2O3. The first-order valence-electron chi connectivity index (χ1n) is 6.88. The third-order valence-electron chi connectivity index (χ3n) is 3.45. The molecule has 2 aromatic rings. The molecule has 0 aliphatic heterocycles. The van der Waals surface area contributed by atoms with Crippen molar-refractivity contribution in [3.8, 4) is 5.75 Å². The second-order valence-electron chi connectivity index (χ2n) is 5.07. The topological polar surface area (TPSA) is 78.4 Å². The van der Waals surface area contributed by atoms with E-state index in [0.717, 1.165) is 16.8 Å². The van der Waals surface area contributed by atoms with E-state index in [1.54, 1.807) is 12.1 Å². The van der Waals surface area contributed by atoms with Gasteiger partial charge in [0.25, 0.3) is 5.91 Å². The summed E-state index contributed by atoms with van der Waals surface area (Å²) in [4.78, 5) is 23.3. The molecule has 0 unspecified atom stereocenters. The number of carbonyl (C=O) groups excluding carboxylic acids is 2. The van der Waals surface area contributed by atoms with Gasteiger partial charge in [-0.3, -0.25) is 9.59 Å². The molecule has 0 saturated carbocycles. The van der Waals surface area contributed by atoms with Crippen LogP contribution in [0.25, 0.3) is 0 Å². The number of anilines is 1. The van der Waals surface area contributed by atoms with Gasteiger partial charge in [0.2, 0.25) is 6.41 Å². The van der Waals surface area contributed by atoms with Crippen LogP contribution < -0.4 is 10.6 Å². The Morgan fingerprint density at radius 3 is 2.23 bits per heavy atom. The van der Waals surface area contributed by atoms with Crippen LogP contribution in [0.15, 0.2) is 42.5 Å². The van der Waals surface area contributed by atoms with Gasteiger partial charge >= 0.3 is 0 Å². The minimum absolute atomic E-state index is 0.101. The van der Waals surface area contributed by atoms with E-state index in [0.29, 0.717) is 12.0 Å². The van der Waals surface area contributed by atoms with Crippen LogP contribution in [0.1, 0.15) is 22.7 Å². The molecule has 0 spiro atoms. The Balaban J connectivity index is 2.27. The third-order valence-corrected chi connectivity index (χ3v) is 3.45. The maximum atomic E-state index is 12.5. The number of carbonyl (C=O) groups is 2. The van der Waals surface area contributed by atoms with Crippen LogP contribution in [-0.2, 0) is 9.59 Å². The Kier molecular flexibility index (Phi) is 4.78. The minimum atomic E-state index is -0.822. The Morgan fingerprint density at radius 1 is 1.09 bits per heavy atom. The monoisotopic (exact) mass is 298 g/mol. The highest BCUT2D eigenvalue weighted by molar-refractivity contribution is 5.97. The molecule has 2 rings (SSSR count). The van der Waals surface area contributed by atoms with Crippen molar-refractivity contribution in [1.29, 1.82) is 0 Å². The number of rotatable bonds is 5. The van der Waals surface area contributed by atoms with E-state index in [1.807, 2.05) is 32.0 Å². The third kappa shape index (κ3) is 3.44. The molecule has 22 heavy (non-hydrogen) atoms. The second kappa shape index (κ2) is 6.76. The van der Waals surface area contributed by atoms with Gasteiger partial charge in [-0.1, -0.05) is 30.3 Å².